The minimum atomic E-state index is -4.64. The van der Waals surface area contributed by atoms with Crippen LogP contribution in [0.3, 0.4) is 0 Å². The molecule has 0 fully saturated rings. The Morgan fingerprint density at radius 1 is 0.611 bits per heavy atom. The molecular weight excluding hydrogens is 294 g/mol. The second-order valence-corrected chi connectivity index (χ2v) is 2.76. The summed E-state index contributed by atoms with van der Waals surface area (Å²) in [4.78, 5) is 58.0. The van der Waals surface area contributed by atoms with Gasteiger partial charge in [-0.1, -0.05) is 0 Å². The van der Waals surface area contributed by atoms with Gasteiger partial charge in [-0.05, 0) is 0 Å². The third-order valence-corrected chi connectivity index (χ3v) is 0.366. The van der Waals surface area contributed by atoms with Gasteiger partial charge in [0.25, 0.3) is 0 Å². The maximum absolute atomic E-state index is 9.10. The molecular formula is C4H8NaO12P. The summed E-state index contributed by atoms with van der Waals surface area (Å²) in [5.41, 5.74) is 0. The van der Waals surface area contributed by atoms with Crippen LogP contribution in [-0.2, 0) is 23.7 Å². The Labute approximate surface area is 120 Å². The summed E-state index contributed by atoms with van der Waals surface area (Å²) >= 11 is 0. The van der Waals surface area contributed by atoms with E-state index in [-0.39, 0.29) is 29.6 Å². The van der Waals surface area contributed by atoms with Crippen molar-refractivity contribution in [2.45, 2.75) is 0 Å². The second kappa shape index (κ2) is 12.4. The molecule has 0 amide bonds. The van der Waals surface area contributed by atoms with Gasteiger partial charge in [0.1, 0.15) is 0 Å². The zero-order valence-corrected chi connectivity index (χ0v) is 8.51. The SMILES string of the molecule is O=C(O)C(=O)O.O=C(O)C(=O)O.O=P(O)(O)O.[NaH]. The van der Waals surface area contributed by atoms with E-state index in [0.717, 1.165) is 0 Å². The molecule has 0 unspecified atom stereocenters. The molecule has 0 aromatic rings. The predicted molar refractivity (Wildman–Crippen MR) is 52.0 cm³/mol. The summed E-state index contributed by atoms with van der Waals surface area (Å²) in [6.45, 7) is 0. The Balaban J connectivity index is -0.0000000799. The van der Waals surface area contributed by atoms with E-state index in [9.17, 15) is 0 Å². The van der Waals surface area contributed by atoms with Crippen LogP contribution in [0.5, 0.6) is 0 Å². The Hall–Kier alpha value is -1.01. The summed E-state index contributed by atoms with van der Waals surface area (Å²) < 4.78 is 8.88. The van der Waals surface area contributed by atoms with Gasteiger partial charge in [-0.2, -0.15) is 0 Å². The van der Waals surface area contributed by atoms with Gasteiger partial charge in [0.15, 0.2) is 0 Å². The molecule has 0 saturated carbocycles. The molecule has 12 nitrogen and oxygen atoms in total. The number of hydrogen-bond acceptors (Lipinski definition) is 5. The van der Waals surface area contributed by atoms with Crippen LogP contribution >= 0.6 is 7.82 Å². The van der Waals surface area contributed by atoms with Crippen LogP contribution in [0, 0.1) is 0 Å². The van der Waals surface area contributed by atoms with Crippen molar-refractivity contribution in [3.8, 4) is 0 Å². The molecule has 0 aliphatic heterocycles. The van der Waals surface area contributed by atoms with E-state index in [2.05, 4.69) is 0 Å². The average Bonchev–Trinajstić information content (AvgIpc) is 2.01. The van der Waals surface area contributed by atoms with Gasteiger partial charge >= 0.3 is 61.3 Å². The summed E-state index contributed by atoms with van der Waals surface area (Å²) in [6.07, 6.45) is 0. The topological polar surface area (TPSA) is 227 Å². The van der Waals surface area contributed by atoms with E-state index >= 15 is 0 Å². The standard InChI is InChI=1S/2C2H2O4.Na.H3O4P.H/c2*3-1(4)2(5)6;;1-5(2,3)4;/h2*(H,3,4)(H,5,6);;(H3,1,2,3,4);. The molecule has 0 heterocycles. The van der Waals surface area contributed by atoms with Crippen molar-refractivity contribution >= 4 is 61.3 Å². The molecule has 0 aliphatic carbocycles. The second-order valence-electron chi connectivity index (χ2n) is 1.73. The van der Waals surface area contributed by atoms with Crippen LogP contribution in [0.2, 0.25) is 0 Å². The van der Waals surface area contributed by atoms with Crippen molar-refractivity contribution in [1.29, 1.82) is 0 Å². The summed E-state index contributed by atoms with van der Waals surface area (Å²) in [7, 11) is -4.64. The molecule has 0 aromatic carbocycles. The fourth-order valence-electron chi connectivity index (χ4n) is 0. The van der Waals surface area contributed by atoms with Crippen LogP contribution in [-0.4, -0.2) is 88.5 Å². The summed E-state index contributed by atoms with van der Waals surface area (Å²) in [6, 6.07) is 0. The first kappa shape index (κ1) is 25.7. The normalized spacial score (nSPS) is 8.17. The molecule has 0 aromatic heterocycles. The van der Waals surface area contributed by atoms with Crippen LogP contribution < -0.4 is 0 Å². The van der Waals surface area contributed by atoms with Crippen molar-refractivity contribution in [2.24, 2.45) is 0 Å². The van der Waals surface area contributed by atoms with Gasteiger partial charge in [-0.25, -0.2) is 23.7 Å². The molecule has 7 N–H and O–H groups in total. The van der Waals surface area contributed by atoms with Crippen LogP contribution in [0.1, 0.15) is 0 Å². The average molecular weight is 302 g/mol. The molecule has 0 radical (unpaired) electrons. The van der Waals surface area contributed by atoms with Gasteiger partial charge in [0, 0.05) is 0 Å². The number of carbonyl (C=O) groups is 4. The van der Waals surface area contributed by atoms with Crippen molar-refractivity contribution in [3.05, 3.63) is 0 Å². The van der Waals surface area contributed by atoms with Gasteiger partial charge in [-0.3, -0.25) is 0 Å². The molecule has 0 rings (SSSR count). The van der Waals surface area contributed by atoms with Gasteiger partial charge in [-0.15, -0.1) is 0 Å². The fraction of sp³-hybridized carbons (Fsp3) is 0. The first-order valence-electron chi connectivity index (χ1n) is 2.99. The van der Waals surface area contributed by atoms with Gasteiger partial charge in [0.2, 0.25) is 0 Å². The van der Waals surface area contributed by atoms with Crippen molar-refractivity contribution < 1.29 is 58.8 Å². The van der Waals surface area contributed by atoms with Crippen molar-refractivity contribution in [2.75, 3.05) is 0 Å². The summed E-state index contributed by atoms with van der Waals surface area (Å²) in [5, 5.41) is 29.6. The van der Waals surface area contributed by atoms with E-state index in [1.807, 2.05) is 0 Å². The number of carboxylic acid groups (broad SMARTS) is 4. The third kappa shape index (κ3) is 60.0. The van der Waals surface area contributed by atoms with Gasteiger partial charge in [0.05, 0.1) is 0 Å². The molecule has 0 atom stereocenters. The number of rotatable bonds is 0. The van der Waals surface area contributed by atoms with Crippen LogP contribution in [0.25, 0.3) is 0 Å². The van der Waals surface area contributed by atoms with E-state index in [1.54, 1.807) is 0 Å². The Kier molecular flexibility index (Phi) is 17.8. The summed E-state index contributed by atoms with van der Waals surface area (Å²) in [5.74, 6) is -7.30. The first-order valence-corrected chi connectivity index (χ1v) is 4.56. The molecule has 0 aliphatic rings. The van der Waals surface area contributed by atoms with Crippen molar-refractivity contribution in [3.63, 3.8) is 0 Å². The Morgan fingerprint density at radius 2 is 0.667 bits per heavy atom. The monoisotopic (exact) mass is 302 g/mol. The van der Waals surface area contributed by atoms with Crippen LogP contribution in [0.15, 0.2) is 0 Å². The van der Waals surface area contributed by atoms with Crippen LogP contribution in [0.4, 0.5) is 0 Å². The van der Waals surface area contributed by atoms with E-state index < -0.39 is 31.7 Å². The maximum atomic E-state index is 9.10. The molecule has 18 heavy (non-hydrogen) atoms. The number of phosphoric acid groups is 1. The number of aliphatic carboxylic acids is 4. The Bertz CT molecular complexity index is 286. The van der Waals surface area contributed by atoms with E-state index in [1.165, 1.54) is 0 Å². The fourth-order valence-corrected chi connectivity index (χ4v) is 0. The zero-order valence-electron chi connectivity index (χ0n) is 7.62. The first-order chi connectivity index (χ1) is 7.29. The molecule has 102 valence electrons. The number of carboxylic acids is 4. The van der Waals surface area contributed by atoms with E-state index in [0.29, 0.717) is 0 Å². The minimum absolute atomic E-state index is 0. The number of hydrogen-bond donors (Lipinski definition) is 7. The quantitative estimate of drug-likeness (QED) is 0.133. The van der Waals surface area contributed by atoms with E-state index in [4.69, 9.17) is 58.8 Å². The molecule has 0 spiro atoms. The molecule has 0 bridgehead atoms. The third-order valence-electron chi connectivity index (χ3n) is 0.366. The Morgan fingerprint density at radius 3 is 0.667 bits per heavy atom. The predicted octanol–water partition coefficient (Wildman–Crippen LogP) is -3.27. The van der Waals surface area contributed by atoms with Crippen molar-refractivity contribution in [1.82, 2.24) is 0 Å². The molecule has 14 heteroatoms. The molecule has 0 saturated heterocycles. The van der Waals surface area contributed by atoms with Gasteiger partial charge < -0.3 is 35.1 Å². The zero-order chi connectivity index (χ0) is 14.8.